The summed E-state index contributed by atoms with van der Waals surface area (Å²) < 4.78 is 11.8. The fourth-order valence-corrected chi connectivity index (χ4v) is 3.49. The molecular weight excluding hydrogens is 402 g/mol. The van der Waals surface area contributed by atoms with Crippen LogP contribution in [0.2, 0.25) is 0 Å². The van der Waals surface area contributed by atoms with Crippen molar-refractivity contribution in [1.82, 2.24) is 0 Å². The Bertz CT molecular complexity index is 1300. The van der Waals surface area contributed by atoms with E-state index in [9.17, 15) is 9.59 Å². The predicted octanol–water partition coefficient (Wildman–Crippen LogP) is 6.00. The minimum atomic E-state index is -0.772. The quantitative estimate of drug-likeness (QED) is 0.384. The highest BCUT2D eigenvalue weighted by Crippen LogP contribution is 2.33. The van der Waals surface area contributed by atoms with Gasteiger partial charge in [-0.25, -0.2) is 0 Å². The van der Waals surface area contributed by atoms with E-state index in [0.717, 1.165) is 16.7 Å². The lowest BCUT2D eigenvalue weighted by molar-refractivity contribution is -0.122. The highest BCUT2D eigenvalue weighted by atomic mass is 16.5. The SMILES string of the molecule is Cc1ccc(C(=O)c2oc3ccccc3c2NC(=O)[C@H](C)Oc2cccc(C)c2C)cc1. The summed E-state index contributed by atoms with van der Waals surface area (Å²) >= 11 is 0. The molecule has 0 saturated heterocycles. The number of fused-ring (bicyclic) bond motifs is 1. The first-order valence-electron chi connectivity index (χ1n) is 10.5. The molecule has 1 amide bonds. The number of anilines is 1. The van der Waals surface area contributed by atoms with E-state index in [0.29, 0.717) is 28.0 Å². The fraction of sp³-hybridized carbons (Fsp3) is 0.185. The van der Waals surface area contributed by atoms with Gasteiger partial charge in [-0.2, -0.15) is 0 Å². The third-order valence-corrected chi connectivity index (χ3v) is 5.59. The molecule has 0 aliphatic carbocycles. The molecule has 0 radical (unpaired) electrons. The summed E-state index contributed by atoms with van der Waals surface area (Å²) in [6.45, 7) is 7.59. The molecule has 0 fully saturated rings. The van der Waals surface area contributed by atoms with Gasteiger partial charge in [0, 0.05) is 10.9 Å². The molecule has 1 aromatic heterocycles. The van der Waals surface area contributed by atoms with Crippen molar-refractivity contribution in [2.75, 3.05) is 5.32 Å². The lowest BCUT2D eigenvalue weighted by atomic mass is 10.1. The monoisotopic (exact) mass is 427 g/mol. The van der Waals surface area contributed by atoms with E-state index in [1.807, 2.05) is 69.3 Å². The number of ketones is 1. The van der Waals surface area contributed by atoms with E-state index in [-0.39, 0.29) is 17.5 Å². The van der Waals surface area contributed by atoms with Gasteiger partial charge < -0.3 is 14.5 Å². The van der Waals surface area contributed by atoms with E-state index >= 15 is 0 Å². The largest absolute Gasteiger partial charge is 0.481 e. The summed E-state index contributed by atoms with van der Waals surface area (Å²) in [6, 6.07) is 20.2. The van der Waals surface area contributed by atoms with Gasteiger partial charge in [-0.1, -0.05) is 54.1 Å². The van der Waals surface area contributed by atoms with E-state index in [2.05, 4.69) is 5.32 Å². The molecule has 162 valence electrons. The Morgan fingerprint density at radius 2 is 1.62 bits per heavy atom. The van der Waals surface area contributed by atoms with Crippen LogP contribution in [-0.4, -0.2) is 17.8 Å². The number of carbonyl (C=O) groups excluding carboxylic acids is 2. The molecule has 32 heavy (non-hydrogen) atoms. The normalized spacial score (nSPS) is 11.9. The van der Waals surface area contributed by atoms with Gasteiger partial charge in [0.15, 0.2) is 11.9 Å². The Morgan fingerprint density at radius 3 is 2.38 bits per heavy atom. The predicted molar refractivity (Wildman–Crippen MR) is 125 cm³/mol. The summed E-state index contributed by atoms with van der Waals surface area (Å²) in [7, 11) is 0. The number of rotatable bonds is 6. The average Bonchev–Trinajstić information content (AvgIpc) is 3.15. The van der Waals surface area contributed by atoms with Crippen LogP contribution < -0.4 is 10.1 Å². The minimum absolute atomic E-state index is 0.0994. The molecule has 0 unspecified atom stereocenters. The van der Waals surface area contributed by atoms with Crippen LogP contribution in [0.3, 0.4) is 0 Å². The van der Waals surface area contributed by atoms with Gasteiger partial charge in [-0.15, -0.1) is 0 Å². The standard InChI is InChI=1S/C27H25NO4/c1-16-12-14-20(15-13-16)25(29)26-24(21-9-5-6-10-23(21)32-26)28-27(30)19(4)31-22-11-7-8-17(2)18(22)3/h5-15,19H,1-4H3,(H,28,30)/t19-/m0/s1. The molecule has 0 aliphatic rings. The second-order valence-corrected chi connectivity index (χ2v) is 7.94. The summed E-state index contributed by atoms with van der Waals surface area (Å²) in [4.78, 5) is 26.2. The summed E-state index contributed by atoms with van der Waals surface area (Å²) in [6.07, 6.45) is -0.772. The number of nitrogens with one attached hydrogen (secondary N) is 1. The van der Waals surface area contributed by atoms with E-state index < -0.39 is 6.10 Å². The second-order valence-electron chi connectivity index (χ2n) is 7.94. The number of benzene rings is 3. The van der Waals surface area contributed by atoms with Crippen LogP contribution in [0, 0.1) is 20.8 Å². The van der Waals surface area contributed by atoms with Crippen molar-refractivity contribution in [3.05, 3.63) is 94.7 Å². The maximum absolute atomic E-state index is 13.2. The van der Waals surface area contributed by atoms with Crippen molar-refractivity contribution >= 4 is 28.3 Å². The van der Waals surface area contributed by atoms with Crippen LogP contribution in [0.15, 0.2) is 71.1 Å². The Balaban J connectivity index is 1.65. The molecular formula is C27H25NO4. The van der Waals surface area contributed by atoms with E-state index in [4.69, 9.17) is 9.15 Å². The van der Waals surface area contributed by atoms with Crippen LogP contribution in [0.5, 0.6) is 5.75 Å². The van der Waals surface area contributed by atoms with Gasteiger partial charge in [-0.3, -0.25) is 9.59 Å². The van der Waals surface area contributed by atoms with Gasteiger partial charge in [0.1, 0.15) is 11.3 Å². The van der Waals surface area contributed by atoms with Crippen LogP contribution in [0.4, 0.5) is 5.69 Å². The highest BCUT2D eigenvalue weighted by molar-refractivity contribution is 6.17. The molecule has 4 rings (SSSR count). The smallest absolute Gasteiger partial charge is 0.265 e. The first-order valence-corrected chi connectivity index (χ1v) is 10.5. The molecule has 0 aliphatic heterocycles. The van der Waals surface area contributed by atoms with Crippen molar-refractivity contribution in [3.8, 4) is 5.75 Å². The molecule has 1 heterocycles. The summed E-state index contributed by atoms with van der Waals surface area (Å²) in [5.41, 5.74) is 4.49. The molecule has 0 bridgehead atoms. The zero-order valence-electron chi connectivity index (χ0n) is 18.6. The molecule has 4 aromatic rings. The molecule has 1 atom stereocenters. The molecule has 3 aromatic carbocycles. The molecule has 0 spiro atoms. The highest BCUT2D eigenvalue weighted by Gasteiger charge is 2.25. The van der Waals surface area contributed by atoms with Gasteiger partial charge in [0.2, 0.25) is 5.78 Å². The average molecular weight is 428 g/mol. The maximum atomic E-state index is 13.2. The van der Waals surface area contributed by atoms with E-state index in [1.165, 1.54) is 0 Å². The zero-order valence-corrected chi connectivity index (χ0v) is 18.6. The third kappa shape index (κ3) is 4.14. The lowest BCUT2D eigenvalue weighted by Crippen LogP contribution is -2.30. The number of para-hydroxylation sites is 1. The van der Waals surface area contributed by atoms with Crippen molar-refractivity contribution in [3.63, 3.8) is 0 Å². The molecule has 5 nitrogen and oxygen atoms in total. The number of carbonyl (C=O) groups is 2. The van der Waals surface area contributed by atoms with E-state index in [1.54, 1.807) is 25.1 Å². The maximum Gasteiger partial charge on any atom is 0.265 e. The number of furan rings is 1. The summed E-state index contributed by atoms with van der Waals surface area (Å²) in [5, 5.41) is 3.53. The lowest BCUT2D eigenvalue weighted by Gasteiger charge is -2.17. The van der Waals surface area contributed by atoms with Gasteiger partial charge in [-0.05, 0) is 57.0 Å². The van der Waals surface area contributed by atoms with Gasteiger partial charge in [0.05, 0.1) is 5.69 Å². The first-order chi connectivity index (χ1) is 15.3. The second kappa shape index (κ2) is 8.71. The Hall–Kier alpha value is -3.86. The Morgan fingerprint density at radius 1 is 0.906 bits per heavy atom. The van der Waals surface area contributed by atoms with Crippen LogP contribution >= 0.6 is 0 Å². The Kier molecular flexibility index (Phi) is 5.82. The van der Waals surface area contributed by atoms with Crippen LogP contribution in [0.1, 0.15) is 39.7 Å². The number of hydrogen-bond acceptors (Lipinski definition) is 4. The van der Waals surface area contributed by atoms with Crippen LogP contribution in [-0.2, 0) is 4.79 Å². The third-order valence-electron chi connectivity index (χ3n) is 5.59. The first kappa shape index (κ1) is 21.4. The van der Waals surface area contributed by atoms with Gasteiger partial charge >= 0.3 is 0 Å². The topological polar surface area (TPSA) is 68.5 Å². The number of aryl methyl sites for hydroxylation is 2. The number of ether oxygens (including phenoxy) is 1. The fourth-order valence-electron chi connectivity index (χ4n) is 3.49. The van der Waals surface area contributed by atoms with Crippen molar-refractivity contribution in [2.45, 2.75) is 33.8 Å². The molecule has 1 N–H and O–H groups in total. The number of hydrogen-bond donors (Lipinski definition) is 1. The van der Waals surface area contributed by atoms with Crippen molar-refractivity contribution in [1.29, 1.82) is 0 Å². The van der Waals surface area contributed by atoms with Gasteiger partial charge in [0.25, 0.3) is 5.91 Å². The zero-order chi connectivity index (χ0) is 22.8. The molecule has 5 heteroatoms. The Labute approximate surface area is 187 Å². The number of amides is 1. The van der Waals surface area contributed by atoms with Crippen molar-refractivity contribution in [2.24, 2.45) is 0 Å². The van der Waals surface area contributed by atoms with Crippen molar-refractivity contribution < 1.29 is 18.7 Å². The molecule has 0 saturated carbocycles. The summed E-state index contributed by atoms with van der Waals surface area (Å²) in [5.74, 6) is 0.0954. The van der Waals surface area contributed by atoms with Crippen LogP contribution in [0.25, 0.3) is 11.0 Å². The minimum Gasteiger partial charge on any atom is -0.481 e.